The van der Waals surface area contributed by atoms with E-state index in [0.717, 1.165) is 0 Å². The summed E-state index contributed by atoms with van der Waals surface area (Å²) < 4.78 is 399. The third-order valence-electron chi connectivity index (χ3n) is 28.9. The van der Waals surface area contributed by atoms with Gasteiger partial charge in [0.15, 0.2) is 0 Å². The average Bonchev–Trinajstić information content (AvgIpc) is 1.59. The molecule has 8 N–H and O–H groups in total. The first kappa shape index (κ1) is 113. The molecule has 4 heterocycles. The van der Waals surface area contributed by atoms with Gasteiger partial charge in [0.05, 0.1) is 93.3 Å². The Labute approximate surface area is 823 Å². The molecule has 8 aromatic rings. The third-order valence-corrected chi connectivity index (χ3v) is 28.9. The van der Waals surface area contributed by atoms with Crippen LogP contribution in [0.25, 0.3) is 0 Å². The summed E-state index contributed by atoms with van der Waals surface area (Å²) in [5.41, 5.74) is -11.6. The first-order valence-electron chi connectivity index (χ1n) is 46.4. The number of rotatable bonds is 20. The Bertz CT molecular complexity index is 5460. The van der Waals surface area contributed by atoms with Crippen LogP contribution in [-0.2, 0) is 87.5 Å². The van der Waals surface area contributed by atoms with E-state index in [2.05, 4.69) is 21.3 Å². The van der Waals surface area contributed by atoms with E-state index >= 15 is 0 Å². The van der Waals surface area contributed by atoms with E-state index in [1.54, 1.807) is 62.4 Å². The van der Waals surface area contributed by atoms with Gasteiger partial charge in [0.1, 0.15) is 47.7 Å². The van der Waals surface area contributed by atoms with E-state index in [9.17, 15) is 163 Å². The molecule has 4 saturated heterocycles. The molecule has 4 saturated carbocycles. The van der Waals surface area contributed by atoms with Crippen molar-refractivity contribution in [2.24, 2.45) is 23.7 Å². The van der Waals surface area contributed by atoms with Gasteiger partial charge >= 0.3 is 49.4 Å². The number of amides is 4. The van der Waals surface area contributed by atoms with Crippen molar-refractivity contribution in [3.8, 4) is 0 Å². The van der Waals surface area contributed by atoms with Crippen molar-refractivity contribution in [2.75, 3.05) is 0 Å². The minimum absolute atomic E-state index is 0. The Hall–Kier alpha value is -10.6. The summed E-state index contributed by atoms with van der Waals surface area (Å²) in [6, 6.07) is 26.9. The van der Waals surface area contributed by atoms with E-state index in [1.165, 1.54) is 76.2 Å². The number of nitrogens with one attached hydrogen (secondary N) is 4. The summed E-state index contributed by atoms with van der Waals surface area (Å²) in [6.45, 7) is 9.08. The second-order valence-corrected chi connectivity index (χ2v) is 38.8. The number of aliphatic hydroxyl groups excluding tert-OH is 4. The van der Waals surface area contributed by atoms with Crippen LogP contribution in [0.2, 0.25) is 0 Å². The fourth-order valence-corrected chi connectivity index (χ4v) is 21.9. The van der Waals surface area contributed by atoms with Crippen LogP contribution in [0, 0.1) is 46.9 Å². The van der Waals surface area contributed by atoms with Gasteiger partial charge < -0.3 is 60.6 Å². The topological polar surface area (TPSA) is 234 Å². The number of hydrogen-bond donors (Lipinski definition) is 8. The second-order valence-electron chi connectivity index (χ2n) is 38.8. The predicted molar refractivity (Wildman–Crippen MR) is 474 cm³/mol. The van der Waals surface area contributed by atoms with Crippen molar-refractivity contribution in [1.82, 2.24) is 21.3 Å². The van der Waals surface area contributed by atoms with Crippen molar-refractivity contribution < 1.29 is 187 Å². The van der Waals surface area contributed by atoms with Crippen LogP contribution in [0.5, 0.6) is 0 Å². The standard InChI is InChI=1S/2C26H26F7NO3.2C25H24F7NO3.4H2/c2*1-13(15-9-16(25(28,29)30)11-17(10-15)26(31,32)33)37-21-8-7-19(24(2)12-20(35)23(36)34-24)22(21)14-3-5-18(27)6-4-14;2*1-12(14-8-15(24(27,28)29)10-16(9-14)25(30,31)32)36-21-7-6-18(19-11-20(34)23(35)33-19)22(21)13-2-4-17(26)5-3-13;;;;/h2*3-6,9-11,13,19-22,35H,7-8,12H2,1-2H3,(H,34,36);2*2-5,8-10,12,18-22,34H,6-7,11H2,1H3,(H,33,35);4*1H/t13-,19-,20+,21+,22+,24-;13-,19-,20-,21+,22+,24-;12-,18+,19+,20+,21+,22+;12-,18+,19+,20-,21+,22+;;;;/m1111..../s1. The molecule has 24 atom stereocenters. The van der Waals surface area contributed by atoms with Crippen molar-refractivity contribution in [1.29, 1.82) is 0 Å². The van der Waals surface area contributed by atoms with E-state index < -0.39 is 261 Å². The maximum atomic E-state index is 13.6. The molecule has 16 rings (SSSR count). The number of halogens is 28. The second kappa shape index (κ2) is 43.1. The van der Waals surface area contributed by atoms with Crippen molar-refractivity contribution in [2.45, 2.75) is 288 Å². The predicted octanol–water partition coefficient (Wildman–Crippen LogP) is 24.8. The van der Waals surface area contributed by atoms with Gasteiger partial charge in [0.25, 0.3) is 0 Å². The molecule has 0 aromatic heterocycles. The number of carbonyl (C=O) groups excluding carboxylic acids is 4. The zero-order valence-corrected chi connectivity index (χ0v) is 78.0. The number of hydrogen-bond acceptors (Lipinski definition) is 12. The van der Waals surface area contributed by atoms with E-state index in [0.29, 0.717) is 122 Å². The summed E-state index contributed by atoms with van der Waals surface area (Å²) in [5, 5.41) is 51.0. The van der Waals surface area contributed by atoms with Gasteiger partial charge in [-0.2, -0.15) is 105 Å². The Balaban J connectivity index is 0.000000220. The van der Waals surface area contributed by atoms with Gasteiger partial charge in [-0.15, -0.1) is 0 Å². The number of carbonyl (C=O) groups is 4. The third kappa shape index (κ3) is 26.4. The molecule has 146 heavy (non-hydrogen) atoms. The molecule has 804 valence electrons. The Morgan fingerprint density at radius 2 is 0.486 bits per heavy atom. The van der Waals surface area contributed by atoms with Crippen molar-refractivity contribution in [3.05, 3.63) is 282 Å². The molecule has 0 bridgehead atoms. The summed E-state index contributed by atoms with van der Waals surface area (Å²) >= 11 is 0. The van der Waals surface area contributed by atoms with E-state index in [-0.39, 0.29) is 102 Å². The van der Waals surface area contributed by atoms with Gasteiger partial charge in [0.2, 0.25) is 23.6 Å². The van der Waals surface area contributed by atoms with Gasteiger partial charge in [0, 0.05) is 78.2 Å². The molecule has 4 aliphatic heterocycles. The van der Waals surface area contributed by atoms with Crippen LogP contribution in [0.4, 0.5) is 123 Å². The Kier molecular flexibility index (Phi) is 33.2. The van der Waals surface area contributed by atoms with Gasteiger partial charge in [-0.1, -0.05) is 48.5 Å². The fraction of sp³-hybridized carbons (Fsp3) is 0.490. The molecule has 0 radical (unpaired) electrons. The summed E-state index contributed by atoms with van der Waals surface area (Å²) in [7, 11) is 0. The first-order chi connectivity index (χ1) is 67.6. The van der Waals surface area contributed by atoms with Crippen LogP contribution in [0.1, 0.15) is 261 Å². The lowest BCUT2D eigenvalue weighted by atomic mass is 9.74. The van der Waals surface area contributed by atoms with Gasteiger partial charge in [-0.25, -0.2) is 17.6 Å². The zero-order valence-electron chi connectivity index (χ0n) is 78.0. The van der Waals surface area contributed by atoms with Crippen molar-refractivity contribution >= 4 is 23.6 Å². The van der Waals surface area contributed by atoms with Crippen LogP contribution in [0.3, 0.4) is 0 Å². The molecule has 8 aliphatic rings. The number of alkyl halides is 24. The fourth-order valence-electron chi connectivity index (χ4n) is 21.9. The molecule has 0 unspecified atom stereocenters. The highest BCUT2D eigenvalue weighted by Crippen LogP contribution is 2.56. The lowest BCUT2D eigenvalue weighted by Crippen LogP contribution is -2.47. The lowest BCUT2D eigenvalue weighted by Gasteiger charge is -2.37. The lowest BCUT2D eigenvalue weighted by molar-refractivity contribution is -0.145. The van der Waals surface area contributed by atoms with Gasteiger partial charge in [-0.05, 0) is 282 Å². The molecule has 4 aliphatic carbocycles. The van der Waals surface area contributed by atoms with Crippen LogP contribution < -0.4 is 21.3 Å². The highest BCUT2D eigenvalue weighted by atomic mass is 19.4. The highest BCUT2D eigenvalue weighted by Gasteiger charge is 2.57. The Morgan fingerprint density at radius 1 is 0.288 bits per heavy atom. The number of benzene rings is 8. The minimum Gasteiger partial charge on any atom is -0.383 e. The number of aliphatic hydroxyl groups is 4. The molecule has 4 amide bonds. The quantitative estimate of drug-likeness (QED) is 0.0333. The van der Waals surface area contributed by atoms with Crippen LogP contribution >= 0.6 is 0 Å². The average molecular weight is 2110 g/mol. The van der Waals surface area contributed by atoms with Crippen molar-refractivity contribution in [3.63, 3.8) is 0 Å². The molecule has 44 heteroatoms. The van der Waals surface area contributed by atoms with E-state index in [1.807, 2.05) is 0 Å². The maximum Gasteiger partial charge on any atom is 0.416 e. The Morgan fingerprint density at radius 3 is 0.671 bits per heavy atom. The van der Waals surface area contributed by atoms with Crippen LogP contribution in [-0.4, -0.2) is 116 Å². The zero-order chi connectivity index (χ0) is 107. The molecule has 0 spiro atoms. The summed E-state index contributed by atoms with van der Waals surface area (Å²) in [5.74, 6) is -6.85. The maximum absolute atomic E-state index is 13.6. The van der Waals surface area contributed by atoms with E-state index in [4.69, 9.17) is 18.9 Å². The number of ether oxygens (including phenoxy) is 4. The first-order valence-corrected chi connectivity index (χ1v) is 46.4. The summed E-state index contributed by atoms with van der Waals surface area (Å²) in [4.78, 5) is 47.9. The minimum atomic E-state index is -4.99. The smallest absolute Gasteiger partial charge is 0.383 e. The highest BCUT2D eigenvalue weighted by molar-refractivity contribution is 5.85. The molecular formula is C102H108F28N4O12. The molecule has 8 aromatic carbocycles. The SMILES string of the molecule is C[C@@H](O[C@H]1CC[C@@H]([C@@H]2C[C@@H](O)C(=O)N2)[C@@H]1c1ccc(F)cc1)c1cc(C(F)(F)F)cc(C(F)(F)F)c1.C[C@@H](O[C@H]1CC[C@@H]([C@@H]2C[C@H](O)C(=O)N2)[C@@H]1c1ccc(F)cc1)c1cc(C(F)(F)F)cc(C(F)(F)F)c1.C[C@@H](O[C@H]1CC[C@@H]([C@@]2(C)C[C@@H](O)C(=O)N2)[C@@H]1c1ccc(F)cc1)c1cc(C(F)(F)F)cc(C(F)(F)F)c1.C[C@@H](O[C@H]1CC[C@@H]([C@@]2(C)C[C@H](O)C(=O)N2)[C@@H]1c1ccc(F)cc1)c1cc(C(F)(F)F)cc(C(F)(F)F)c1.[HH].[HH].[HH].[HH]. The van der Waals surface area contributed by atoms with Gasteiger partial charge in [-0.3, -0.25) is 19.2 Å². The molecular weight excluding hydrogens is 2010 g/mol. The molecule has 8 fully saturated rings. The molecule has 16 nitrogen and oxygen atoms in total. The normalized spacial score (nSPS) is 28.6. The van der Waals surface area contributed by atoms with Crippen LogP contribution in [0.15, 0.2) is 170 Å². The largest absolute Gasteiger partial charge is 0.416 e. The summed E-state index contributed by atoms with van der Waals surface area (Å²) in [6.07, 6.45) is -47.5. The monoisotopic (exact) mass is 2110 g/mol.